The number of carbonyl (C=O) groups excluding carboxylic acids is 2. The maximum Gasteiger partial charge on any atom is 0.276 e. The number of nitrogens with two attached hydrogens (primary N) is 1. The monoisotopic (exact) mass is 281 g/mol. The van der Waals surface area contributed by atoms with Gasteiger partial charge in [0.2, 0.25) is 5.91 Å². The molecule has 0 aliphatic carbocycles. The van der Waals surface area contributed by atoms with E-state index in [0.29, 0.717) is 25.3 Å². The predicted octanol–water partition coefficient (Wildman–Crippen LogP) is 0.426. The van der Waals surface area contributed by atoms with Crippen LogP contribution in [0.15, 0.2) is 6.20 Å². The van der Waals surface area contributed by atoms with E-state index in [1.165, 1.54) is 4.90 Å². The Morgan fingerprint density at radius 3 is 2.35 bits per heavy atom. The molecule has 0 aliphatic rings. The van der Waals surface area contributed by atoms with E-state index >= 15 is 0 Å². The molecular weight excluding hydrogens is 258 g/mol. The molecule has 1 rings (SSSR count). The van der Waals surface area contributed by atoms with Gasteiger partial charge in [-0.3, -0.25) is 14.3 Å². The molecule has 0 spiro atoms. The summed E-state index contributed by atoms with van der Waals surface area (Å²) in [5.41, 5.74) is 6.30. The lowest BCUT2D eigenvalue weighted by atomic mass is 10.3. The Labute approximate surface area is 119 Å². The topological polar surface area (TPSA) is 84.5 Å². The van der Waals surface area contributed by atoms with E-state index in [2.05, 4.69) is 5.10 Å². The van der Waals surface area contributed by atoms with Crippen molar-refractivity contribution in [1.82, 2.24) is 19.6 Å². The zero-order valence-electron chi connectivity index (χ0n) is 12.6. The van der Waals surface area contributed by atoms with Crippen LogP contribution in [0.25, 0.3) is 0 Å². The molecule has 0 aromatic carbocycles. The van der Waals surface area contributed by atoms with Crippen molar-refractivity contribution in [1.29, 1.82) is 0 Å². The molecule has 0 saturated heterocycles. The Bertz CT molecular complexity index is 479. The second kappa shape index (κ2) is 6.93. The number of amides is 2. The first-order valence-corrected chi connectivity index (χ1v) is 6.80. The molecule has 0 aliphatic heterocycles. The first-order chi connectivity index (χ1) is 9.44. The maximum atomic E-state index is 12.2. The van der Waals surface area contributed by atoms with Gasteiger partial charge in [0, 0.05) is 32.9 Å². The van der Waals surface area contributed by atoms with Gasteiger partial charge >= 0.3 is 0 Å². The average molecular weight is 281 g/mol. The summed E-state index contributed by atoms with van der Waals surface area (Å²) in [6.45, 7) is 7.65. The molecule has 2 amide bonds. The van der Waals surface area contributed by atoms with E-state index in [9.17, 15) is 9.59 Å². The highest BCUT2D eigenvalue weighted by atomic mass is 16.2. The third kappa shape index (κ3) is 3.49. The van der Waals surface area contributed by atoms with Crippen molar-refractivity contribution in [2.24, 2.45) is 0 Å². The molecule has 0 bridgehead atoms. The number of hydrogen-bond acceptors (Lipinski definition) is 4. The number of hydrogen-bond donors (Lipinski definition) is 1. The Kier molecular flexibility index (Phi) is 5.54. The molecule has 7 nitrogen and oxygen atoms in total. The number of rotatable bonds is 6. The minimum atomic E-state index is -0.338. The molecule has 0 fully saturated rings. The third-order valence-electron chi connectivity index (χ3n) is 3.15. The molecule has 0 saturated carbocycles. The quantitative estimate of drug-likeness (QED) is 0.819. The van der Waals surface area contributed by atoms with Crippen LogP contribution in [-0.2, 0) is 11.3 Å². The van der Waals surface area contributed by atoms with Crippen LogP contribution in [-0.4, -0.2) is 58.1 Å². The fourth-order valence-corrected chi connectivity index (χ4v) is 1.90. The molecule has 0 radical (unpaired) electrons. The first kappa shape index (κ1) is 16.0. The number of nitrogen functional groups attached to an aromatic ring is 1. The lowest BCUT2D eigenvalue weighted by Crippen LogP contribution is -2.41. The smallest absolute Gasteiger partial charge is 0.276 e. The molecule has 20 heavy (non-hydrogen) atoms. The van der Waals surface area contributed by atoms with Crippen molar-refractivity contribution in [3.8, 4) is 0 Å². The van der Waals surface area contributed by atoms with Gasteiger partial charge in [-0.05, 0) is 20.8 Å². The van der Waals surface area contributed by atoms with Gasteiger partial charge in [-0.15, -0.1) is 0 Å². The van der Waals surface area contributed by atoms with Crippen LogP contribution in [0, 0.1) is 0 Å². The minimum absolute atomic E-state index is 0.0267. The van der Waals surface area contributed by atoms with Crippen molar-refractivity contribution in [3.63, 3.8) is 0 Å². The van der Waals surface area contributed by atoms with Crippen LogP contribution >= 0.6 is 0 Å². The summed E-state index contributed by atoms with van der Waals surface area (Å²) in [5.74, 6) is -0.422. The fraction of sp³-hybridized carbons (Fsp3) is 0.615. The summed E-state index contributed by atoms with van der Waals surface area (Å²) in [6.07, 6.45) is 1.62. The van der Waals surface area contributed by atoms with Gasteiger partial charge < -0.3 is 15.5 Å². The van der Waals surface area contributed by atoms with Crippen molar-refractivity contribution in [3.05, 3.63) is 11.9 Å². The number of aromatic nitrogens is 2. The van der Waals surface area contributed by atoms with E-state index in [-0.39, 0.29) is 24.1 Å². The van der Waals surface area contributed by atoms with Gasteiger partial charge in [-0.2, -0.15) is 5.10 Å². The number of likely N-dealkylation sites (N-methyl/N-ethyl adjacent to an activating group) is 2. The van der Waals surface area contributed by atoms with Gasteiger partial charge in [0.25, 0.3) is 5.91 Å². The molecular formula is C13H23N5O2. The Morgan fingerprint density at radius 2 is 1.90 bits per heavy atom. The molecule has 2 N–H and O–H groups in total. The van der Waals surface area contributed by atoms with Crippen LogP contribution in [0.4, 0.5) is 5.69 Å². The van der Waals surface area contributed by atoms with Crippen LogP contribution in [0.2, 0.25) is 0 Å². The number of carbonyl (C=O) groups is 2. The van der Waals surface area contributed by atoms with Crippen LogP contribution in [0.3, 0.4) is 0 Å². The molecule has 1 heterocycles. The first-order valence-electron chi connectivity index (χ1n) is 6.80. The summed E-state index contributed by atoms with van der Waals surface area (Å²) >= 11 is 0. The average Bonchev–Trinajstić information content (AvgIpc) is 2.80. The normalized spacial score (nSPS) is 10.4. The summed E-state index contributed by atoms with van der Waals surface area (Å²) in [4.78, 5) is 27.2. The lowest BCUT2D eigenvalue weighted by molar-refractivity contribution is -0.131. The fourth-order valence-electron chi connectivity index (χ4n) is 1.90. The van der Waals surface area contributed by atoms with Crippen molar-refractivity contribution < 1.29 is 9.59 Å². The molecule has 7 heteroatoms. The van der Waals surface area contributed by atoms with E-state index < -0.39 is 0 Å². The second-order valence-electron chi connectivity index (χ2n) is 4.52. The SMILES string of the molecule is CCN(CC)C(=O)CN(C)C(=O)c1nn(CC)cc1N. The largest absolute Gasteiger partial charge is 0.396 e. The Hall–Kier alpha value is -2.05. The maximum absolute atomic E-state index is 12.2. The molecule has 1 aromatic rings. The molecule has 0 atom stereocenters. The Morgan fingerprint density at radius 1 is 1.30 bits per heavy atom. The van der Waals surface area contributed by atoms with Gasteiger partial charge in [0.1, 0.15) is 0 Å². The lowest BCUT2D eigenvalue weighted by Gasteiger charge is -2.22. The highest BCUT2D eigenvalue weighted by molar-refractivity contribution is 5.98. The third-order valence-corrected chi connectivity index (χ3v) is 3.15. The summed E-state index contributed by atoms with van der Waals surface area (Å²) in [6, 6.07) is 0. The summed E-state index contributed by atoms with van der Waals surface area (Å²) < 4.78 is 1.60. The zero-order valence-corrected chi connectivity index (χ0v) is 12.6. The zero-order chi connectivity index (χ0) is 15.3. The number of aryl methyl sites for hydroxylation is 1. The van der Waals surface area contributed by atoms with Crippen LogP contribution in [0.1, 0.15) is 31.3 Å². The number of nitrogens with zero attached hydrogens (tertiary/aromatic N) is 4. The van der Waals surface area contributed by atoms with E-state index in [1.807, 2.05) is 20.8 Å². The molecule has 1 aromatic heterocycles. The van der Waals surface area contributed by atoms with Gasteiger partial charge in [0.15, 0.2) is 5.69 Å². The van der Waals surface area contributed by atoms with Crippen LogP contribution < -0.4 is 5.73 Å². The summed E-state index contributed by atoms with van der Waals surface area (Å²) in [7, 11) is 1.58. The van der Waals surface area contributed by atoms with Crippen molar-refractivity contribution in [2.45, 2.75) is 27.3 Å². The summed E-state index contributed by atoms with van der Waals surface area (Å²) in [5, 5.41) is 4.12. The minimum Gasteiger partial charge on any atom is -0.396 e. The highest BCUT2D eigenvalue weighted by Crippen LogP contribution is 2.11. The van der Waals surface area contributed by atoms with E-state index in [0.717, 1.165) is 0 Å². The predicted molar refractivity (Wildman–Crippen MR) is 77.2 cm³/mol. The van der Waals surface area contributed by atoms with E-state index in [4.69, 9.17) is 5.73 Å². The van der Waals surface area contributed by atoms with Gasteiger partial charge in [-0.1, -0.05) is 0 Å². The van der Waals surface area contributed by atoms with E-state index in [1.54, 1.807) is 22.8 Å². The van der Waals surface area contributed by atoms with Gasteiger partial charge in [0.05, 0.1) is 12.2 Å². The standard InChI is InChI=1S/C13H23N5O2/c1-5-17(6-2)11(19)9-16(4)13(20)12-10(14)8-18(7-3)15-12/h8H,5-7,9,14H2,1-4H3. The second-order valence-corrected chi connectivity index (χ2v) is 4.52. The molecule has 112 valence electrons. The van der Waals surface area contributed by atoms with Crippen molar-refractivity contribution >= 4 is 17.5 Å². The molecule has 0 unspecified atom stereocenters. The van der Waals surface area contributed by atoms with Gasteiger partial charge in [-0.25, -0.2) is 0 Å². The van der Waals surface area contributed by atoms with Crippen molar-refractivity contribution in [2.75, 3.05) is 32.4 Å². The highest BCUT2D eigenvalue weighted by Gasteiger charge is 2.22. The Balaban J connectivity index is 2.76. The van der Waals surface area contributed by atoms with Crippen LogP contribution in [0.5, 0.6) is 0 Å². The number of anilines is 1.